The normalized spacial score (nSPS) is 11.5. The van der Waals surface area contributed by atoms with Crippen molar-refractivity contribution in [3.8, 4) is 34.3 Å². The third-order valence-corrected chi connectivity index (χ3v) is 6.29. The molecule has 0 fully saturated rings. The molecule has 1 atom stereocenters. The van der Waals surface area contributed by atoms with E-state index >= 15 is 0 Å². The van der Waals surface area contributed by atoms with E-state index < -0.39 is 5.25 Å². The van der Waals surface area contributed by atoms with Gasteiger partial charge in [-0.3, -0.25) is 9.36 Å². The van der Waals surface area contributed by atoms with E-state index in [2.05, 4.69) is 15.5 Å². The van der Waals surface area contributed by atoms with Gasteiger partial charge in [0.1, 0.15) is 17.2 Å². The fourth-order valence-corrected chi connectivity index (χ4v) is 4.31. The second-order valence-electron chi connectivity index (χ2n) is 7.56. The van der Waals surface area contributed by atoms with E-state index in [1.807, 2.05) is 66.1 Å². The molecule has 3 aromatic carbocycles. The molecule has 0 saturated heterocycles. The van der Waals surface area contributed by atoms with Gasteiger partial charge < -0.3 is 19.5 Å². The van der Waals surface area contributed by atoms with Gasteiger partial charge in [-0.15, -0.1) is 10.2 Å². The average molecular weight is 491 g/mol. The summed E-state index contributed by atoms with van der Waals surface area (Å²) in [5.41, 5.74) is 2.33. The monoisotopic (exact) mass is 490 g/mol. The van der Waals surface area contributed by atoms with Gasteiger partial charge in [-0.1, -0.05) is 42.1 Å². The van der Waals surface area contributed by atoms with Crippen molar-refractivity contribution in [1.29, 1.82) is 0 Å². The number of nitrogens with zero attached hydrogens (tertiary/aromatic N) is 3. The van der Waals surface area contributed by atoms with Gasteiger partial charge >= 0.3 is 0 Å². The summed E-state index contributed by atoms with van der Waals surface area (Å²) in [5, 5.41) is 11.9. The smallest absolute Gasteiger partial charge is 0.237 e. The maximum absolute atomic E-state index is 13.0. The van der Waals surface area contributed by atoms with Crippen molar-refractivity contribution in [3.63, 3.8) is 0 Å². The van der Waals surface area contributed by atoms with E-state index in [0.29, 0.717) is 28.2 Å². The summed E-state index contributed by atoms with van der Waals surface area (Å²) < 4.78 is 17.9. The van der Waals surface area contributed by atoms with Gasteiger partial charge in [-0.2, -0.15) is 0 Å². The van der Waals surface area contributed by atoms with Crippen molar-refractivity contribution in [3.05, 3.63) is 72.8 Å². The van der Waals surface area contributed by atoms with E-state index in [1.165, 1.54) is 11.8 Å². The summed E-state index contributed by atoms with van der Waals surface area (Å²) in [7, 11) is 4.75. The summed E-state index contributed by atoms with van der Waals surface area (Å²) in [6.45, 7) is 1.83. The first-order valence-electron chi connectivity index (χ1n) is 10.9. The Kier molecular flexibility index (Phi) is 7.57. The van der Waals surface area contributed by atoms with Crippen LogP contribution < -0.4 is 19.5 Å². The van der Waals surface area contributed by atoms with Crippen LogP contribution in [0.15, 0.2) is 78.0 Å². The summed E-state index contributed by atoms with van der Waals surface area (Å²) in [6.07, 6.45) is 0. The fraction of sp³-hybridized carbons (Fsp3) is 0.192. The number of carbonyl (C=O) groups excluding carboxylic acids is 1. The van der Waals surface area contributed by atoms with Crippen molar-refractivity contribution in [2.24, 2.45) is 0 Å². The quantitative estimate of drug-likeness (QED) is 0.327. The average Bonchev–Trinajstić information content (AvgIpc) is 3.32. The maximum atomic E-state index is 13.0. The molecule has 0 saturated carbocycles. The number of amides is 1. The lowest BCUT2D eigenvalue weighted by atomic mass is 10.2. The highest BCUT2D eigenvalue weighted by Crippen LogP contribution is 2.32. The highest BCUT2D eigenvalue weighted by atomic mass is 32.2. The number of para-hydroxylation sites is 1. The lowest BCUT2D eigenvalue weighted by Gasteiger charge is -2.15. The Bertz CT molecular complexity index is 1290. The zero-order valence-corrected chi connectivity index (χ0v) is 20.7. The summed E-state index contributed by atoms with van der Waals surface area (Å²) in [5.74, 6) is 2.37. The number of aromatic nitrogens is 3. The van der Waals surface area contributed by atoms with Crippen molar-refractivity contribution < 1.29 is 19.0 Å². The predicted octanol–water partition coefficient (Wildman–Crippen LogP) is 5.08. The first-order chi connectivity index (χ1) is 17.0. The van der Waals surface area contributed by atoms with Gasteiger partial charge in [0, 0.05) is 35.1 Å². The molecule has 0 spiro atoms. The fourth-order valence-electron chi connectivity index (χ4n) is 3.44. The molecular formula is C26H26N4O4S. The van der Waals surface area contributed by atoms with E-state index in [1.54, 1.807) is 39.5 Å². The van der Waals surface area contributed by atoms with Crippen LogP contribution in [0.4, 0.5) is 5.69 Å². The summed E-state index contributed by atoms with van der Waals surface area (Å²) in [6, 6.07) is 22.7. The molecule has 35 heavy (non-hydrogen) atoms. The van der Waals surface area contributed by atoms with Gasteiger partial charge in [0.05, 0.1) is 26.6 Å². The second-order valence-corrected chi connectivity index (χ2v) is 8.87. The molecule has 1 amide bonds. The van der Waals surface area contributed by atoms with Gasteiger partial charge in [0.25, 0.3) is 0 Å². The molecule has 1 N–H and O–H groups in total. The highest BCUT2D eigenvalue weighted by molar-refractivity contribution is 8.00. The van der Waals surface area contributed by atoms with Crippen LogP contribution in [0.5, 0.6) is 17.2 Å². The Morgan fingerprint density at radius 1 is 0.857 bits per heavy atom. The summed E-state index contributed by atoms with van der Waals surface area (Å²) >= 11 is 1.32. The van der Waals surface area contributed by atoms with Crippen LogP contribution >= 0.6 is 11.8 Å². The predicted molar refractivity (Wildman–Crippen MR) is 137 cm³/mol. The van der Waals surface area contributed by atoms with Crippen LogP contribution in [0.3, 0.4) is 0 Å². The molecule has 1 heterocycles. The number of nitrogens with one attached hydrogen (secondary N) is 1. The number of rotatable bonds is 9. The number of hydrogen-bond donors (Lipinski definition) is 1. The van der Waals surface area contributed by atoms with E-state index in [9.17, 15) is 4.79 Å². The Hall–Kier alpha value is -3.98. The zero-order chi connectivity index (χ0) is 24.8. The lowest BCUT2D eigenvalue weighted by molar-refractivity contribution is -0.115. The molecule has 0 aliphatic heterocycles. The van der Waals surface area contributed by atoms with Crippen molar-refractivity contribution >= 4 is 23.4 Å². The van der Waals surface area contributed by atoms with Crippen LogP contribution in [0.2, 0.25) is 0 Å². The minimum absolute atomic E-state index is 0.184. The largest absolute Gasteiger partial charge is 0.497 e. The Morgan fingerprint density at radius 2 is 1.54 bits per heavy atom. The molecular weight excluding hydrogens is 464 g/mol. The van der Waals surface area contributed by atoms with Crippen LogP contribution in [-0.4, -0.2) is 47.3 Å². The number of benzene rings is 3. The molecule has 9 heteroatoms. The highest BCUT2D eigenvalue weighted by Gasteiger charge is 2.22. The van der Waals surface area contributed by atoms with Crippen molar-refractivity contribution in [2.45, 2.75) is 17.3 Å². The molecule has 0 radical (unpaired) electrons. The molecule has 0 aliphatic rings. The topological polar surface area (TPSA) is 87.5 Å². The second kappa shape index (κ2) is 11.0. The first-order valence-corrected chi connectivity index (χ1v) is 11.8. The van der Waals surface area contributed by atoms with Crippen LogP contribution in [-0.2, 0) is 4.79 Å². The number of ether oxygens (including phenoxy) is 3. The molecule has 0 aliphatic carbocycles. The van der Waals surface area contributed by atoms with Crippen molar-refractivity contribution in [1.82, 2.24) is 14.8 Å². The maximum Gasteiger partial charge on any atom is 0.237 e. The molecule has 1 unspecified atom stereocenters. The molecule has 1 aromatic heterocycles. The molecule has 8 nitrogen and oxygen atoms in total. The van der Waals surface area contributed by atoms with E-state index in [0.717, 1.165) is 17.0 Å². The Labute approximate surface area is 208 Å². The van der Waals surface area contributed by atoms with Crippen molar-refractivity contribution in [2.75, 3.05) is 26.6 Å². The first kappa shape index (κ1) is 24.2. The van der Waals surface area contributed by atoms with Gasteiger partial charge in [-0.25, -0.2) is 0 Å². The Morgan fingerprint density at radius 3 is 2.20 bits per heavy atom. The third-order valence-electron chi connectivity index (χ3n) is 5.25. The number of anilines is 1. The third kappa shape index (κ3) is 5.58. The van der Waals surface area contributed by atoms with Crippen LogP contribution in [0.1, 0.15) is 6.92 Å². The zero-order valence-electron chi connectivity index (χ0n) is 19.9. The minimum Gasteiger partial charge on any atom is -0.497 e. The number of carbonyl (C=O) groups is 1. The lowest BCUT2D eigenvalue weighted by Crippen LogP contribution is -2.23. The van der Waals surface area contributed by atoms with Gasteiger partial charge in [0.15, 0.2) is 11.0 Å². The Balaban J connectivity index is 1.62. The van der Waals surface area contributed by atoms with Crippen LogP contribution in [0.25, 0.3) is 17.1 Å². The minimum atomic E-state index is -0.461. The molecule has 0 bridgehead atoms. The molecule has 4 aromatic rings. The standard InChI is InChI=1S/C26H26N4O4S/c1-17(25(31)27-19-14-22(33-3)16-23(15-19)34-4)35-26-29-28-24(18-9-8-12-21(13-18)32-2)30(26)20-10-6-5-7-11-20/h5-17H,1-4H3,(H,27,31). The van der Waals surface area contributed by atoms with Gasteiger partial charge in [0.2, 0.25) is 5.91 Å². The number of hydrogen-bond acceptors (Lipinski definition) is 7. The van der Waals surface area contributed by atoms with E-state index in [4.69, 9.17) is 14.2 Å². The molecule has 4 rings (SSSR count). The van der Waals surface area contributed by atoms with Gasteiger partial charge in [-0.05, 0) is 31.2 Å². The number of thioether (sulfide) groups is 1. The summed E-state index contributed by atoms with van der Waals surface area (Å²) in [4.78, 5) is 13.0. The number of methoxy groups -OCH3 is 3. The van der Waals surface area contributed by atoms with Crippen LogP contribution in [0, 0.1) is 0 Å². The SMILES string of the molecule is COc1cc(NC(=O)C(C)Sc2nnc(-c3cccc(OC)c3)n2-c2ccccc2)cc(OC)c1. The molecule has 180 valence electrons. The van der Waals surface area contributed by atoms with E-state index in [-0.39, 0.29) is 5.91 Å².